The highest BCUT2D eigenvalue weighted by molar-refractivity contribution is 7.89. The number of ether oxygens (including phenoxy) is 1. The van der Waals surface area contributed by atoms with Gasteiger partial charge in [0.25, 0.3) is 0 Å². The number of rotatable bonds is 7. The molecule has 0 spiro atoms. The quantitative estimate of drug-likeness (QED) is 0.688. The van der Waals surface area contributed by atoms with E-state index in [-0.39, 0.29) is 16.0 Å². The fourth-order valence-electron chi connectivity index (χ4n) is 3.03. The van der Waals surface area contributed by atoms with Gasteiger partial charge in [-0.3, -0.25) is 4.79 Å². The molecule has 2 N–H and O–H groups in total. The van der Waals surface area contributed by atoms with E-state index in [1.165, 1.54) is 37.8 Å². The first-order valence-corrected chi connectivity index (χ1v) is 11.1. The zero-order valence-electron chi connectivity index (χ0n) is 17.5. The number of carbonyl (C=O) groups is 1. The minimum atomic E-state index is -3.92. The predicted molar refractivity (Wildman–Crippen MR) is 115 cm³/mol. The summed E-state index contributed by atoms with van der Waals surface area (Å²) in [6.45, 7) is 9.42. The van der Waals surface area contributed by atoms with Gasteiger partial charge in [-0.1, -0.05) is 23.7 Å². The summed E-state index contributed by atoms with van der Waals surface area (Å²) in [5, 5.41) is 3.05. The molecule has 0 heterocycles. The summed E-state index contributed by atoms with van der Waals surface area (Å²) in [5.74, 6) is -0.0488. The largest absolute Gasteiger partial charge is 0.495 e. The molecule has 0 bridgehead atoms. The fraction of sp³-hybridized carbons (Fsp3) is 0.381. The van der Waals surface area contributed by atoms with Gasteiger partial charge >= 0.3 is 0 Å². The smallest absolute Gasteiger partial charge is 0.241 e. The van der Waals surface area contributed by atoms with Crippen molar-refractivity contribution >= 4 is 27.5 Å². The Balaban J connectivity index is 2.12. The molecule has 2 aromatic carbocycles. The Labute approximate surface area is 177 Å². The summed E-state index contributed by atoms with van der Waals surface area (Å²) >= 11 is 6.01. The molecule has 0 aromatic heterocycles. The maximum absolute atomic E-state index is 12.6. The third kappa shape index (κ3) is 5.50. The highest BCUT2D eigenvalue weighted by Crippen LogP contribution is 2.27. The lowest BCUT2D eigenvalue weighted by Gasteiger charge is -2.21. The summed E-state index contributed by atoms with van der Waals surface area (Å²) in [6, 6.07) is 7.02. The van der Waals surface area contributed by atoms with Gasteiger partial charge < -0.3 is 10.1 Å². The molecule has 0 aliphatic heterocycles. The van der Waals surface area contributed by atoms with Crippen molar-refractivity contribution in [2.24, 2.45) is 0 Å². The van der Waals surface area contributed by atoms with Gasteiger partial charge in [-0.25, -0.2) is 8.42 Å². The second-order valence-corrected chi connectivity index (χ2v) is 9.28. The van der Waals surface area contributed by atoms with Gasteiger partial charge in [-0.15, -0.1) is 0 Å². The van der Waals surface area contributed by atoms with Crippen LogP contribution < -0.4 is 14.8 Å². The predicted octanol–water partition coefficient (Wildman–Crippen LogP) is 3.82. The summed E-state index contributed by atoms with van der Waals surface area (Å²) in [6.07, 6.45) is 0. The van der Waals surface area contributed by atoms with Crippen molar-refractivity contribution in [1.82, 2.24) is 10.0 Å². The lowest BCUT2D eigenvalue weighted by molar-refractivity contribution is -0.123. The van der Waals surface area contributed by atoms with E-state index in [4.69, 9.17) is 16.3 Å². The molecule has 2 atom stereocenters. The van der Waals surface area contributed by atoms with Gasteiger partial charge in [0.15, 0.2) is 0 Å². The van der Waals surface area contributed by atoms with Crippen LogP contribution in [0.2, 0.25) is 5.02 Å². The van der Waals surface area contributed by atoms with E-state index in [9.17, 15) is 13.2 Å². The van der Waals surface area contributed by atoms with Crippen molar-refractivity contribution < 1.29 is 17.9 Å². The van der Waals surface area contributed by atoms with Crippen LogP contribution in [0.15, 0.2) is 35.2 Å². The summed E-state index contributed by atoms with van der Waals surface area (Å²) < 4.78 is 32.6. The average molecular weight is 439 g/mol. The summed E-state index contributed by atoms with van der Waals surface area (Å²) in [4.78, 5) is 12.5. The molecule has 0 unspecified atom stereocenters. The third-order valence-corrected chi connectivity index (χ3v) is 6.70. The zero-order chi connectivity index (χ0) is 21.9. The molecule has 0 fully saturated rings. The Kier molecular flexibility index (Phi) is 7.32. The maximum atomic E-state index is 12.6. The van der Waals surface area contributed by atoms with Crippen molar-refractivity contribution in [1.29, 1.82) is 0 Å². The van der Waals surface area contributed by atoms with Crippen molar-refractivity contribution in [2.45, 2.75) is 51.6 Å². The number of hydrogen-bond donors (Lipinski definition) is 2. The number of benzene rings is 2. The topological polar surface area (TPSA) is 84.5 Å². The SMILES string of the molecule is COc1ccc(S(=O)(=O)N[C@@H](C)C(=O)N[C@@H](C)c2cc(C)c(C)cc2C)cc1Cl. The molecule has 8 heteroatoms. The lowest BCUT2D eigenvalue weighted by Crippen LogP contribution is -2.45. The summed E-state index contributed by atoms with van der Waals surface area (Å²) in [7, 11) is -2.48. The van der Waals surface area contributed by atoms with E-state index in [0.717, 1.165) is 16.7 Å². The molecule has 0 aliphatic carbocycles. The van der Waals surface area contributed by atoms with Crippen LogP contribution in [0, 0.1) is 20.8 Å². The average Bonchev–Trinajstić information content (AvgIpc) is 2.64. The number of amides is 1. The van der Waals surface area contributed by atoms with Crippen molar-refractivity contribution in [3.8, 4) is 5.75 Å². The fourth-order valence-corrected chi connectivity index (χ4v) is 4.59. The van der Waals surface area contributed by atoms with Gasteiger partial charge in [-0.2, -0.15) is 4.72 Å². The monoisotopic (exact) mass is 438 g/mol. The molecule has 2 aromatic rings. The van der Waals surface area contributed by atoms with Crippen molar-refractivity contribution in [3.63, 3.8) is 0 Å². The molecule has 0 aliphatic rings. The molecule has 6 nitrogen and oxygen atoms in total. The molecule has 2 rings (SSSR count). The molecule has 29 heavy (non-hydrogen) atoms. The number of aryl methyl sites for hydroxylation is 3. The first-order valence-electron chi connectivity index (χ1n) is 9.20. The Morgan fingerprint density at radius 2 is 1.66 bits per heavy atom. The molecular weight excluding hydrogens is 412 g/mol. The highest BCUT2D eigenvalue weighted by atomic mass is 35.5. The molecule has 1 amide bonds. The van der Waals surface area contributed by atoms with Crippen LogP contribution in [-0.4, -0.2) is 27.5 Å². The Morgan fingerprint density at radius 1 is 1.03 bits per heavy atom. The number of hydrogen-bond acceptors (Lipinski definition) is 4. The van der Waals surface area contributed by atoms with Gasteiger partial charge in [0.2, 0.25) is 15.9 Å². The second-order valence-electron chi connectivity index (χ2n) is 7.16. The Morgan fingerprint density at radius 3 is 2.24 bits per heavy atom. The normalized spacial score (nSPS) is 13.6. The lowest BCUT2D eigenvalue weighted by atomic mass is 9.96. The van der Waals surface area contributed by atoms with E-state index in [0.29, 0.717) is 5.75 Å². The first kappa shape index (κ1) is 23.2. The van der Waals surface area contributed by atoms with Crippen LogP contribution in [0.5, 0.6) is 5.75 Å². The maximum Gasteiger partial charge on any atom is 0.241 e. The Bertz CT molecular complexity index is 1020. The summed E-state index contributed by atoms with van der Waals surface area (Å²) in [5.41, 5.74) is 4.39. The number of nitrogens with one attached hydrogen (secondary N) is 2. The minimum Gasteiger partial charge on any atom is -0.495 e. The molecule has 0 radical (unpaired) electrons. The van der Waals surface area contributed by atoms with Crippen LogP contribution in [0.1, 0.15) is 42.1 Å². The van der Waals surface area contributed by atoms with Crippen LogP contribution in [0.4, 0.5) is 0 Å². The molecular formula is C21H27ClN2O4S. The molecule has 0 saturated carbocycles. The van der Waals surface area contributed by atoms with Crippen molar-refractivity contribution in [2.75, 3.05) is 7.11 Å². The molecule has 158 valence electrons. The first-order chi connectivity index (χ1) is 13.5. The van der Waals surface area contributed by atoms with Gasteiger partial charge in [0, 0.05) is 0 Å². The van der Waals surface area contributed by atoms with Crippen LogP contribution in [0.25, 0.3) is 0 Å². The second kappa shape index (κ2) is 9.15. The number of sulfonamides is 1. The van der Waals surface area contributed by atoms with E-state index in [1.807, 2.05) is 33.8 Å². The highest BCUT2D eigenvalue weighted by Gasteiger charge is 2.24. The number of halogens is 1. The van der Waals surface area contributed by atoms with E-state index in [2.05, 4.69) is 16.1 Å². The molecule has 0 saturated heterocycles. The number of carbonyl (C=O) groups excluding carboxylic acids is 1. The van der Waals surface area contributed by atoms with Gasteiger partial charge in [0.1, 0.15) is 5.75 Å². The van der Waals surface area contributed by atoms with E-state index >= 15 is 0 Å². The number of methoxy groups -OCH3 is 1. The zero-order valence-corrected chi connectivity index (χ0v) is 19.0. The van der Waals surface area contributed by atoms with Crippen LogP contribution >= 0.6 is 11.6 Å². The van der Waals surface area contributed by atoms with Crippen LogP contribution in [-0.2, 0) is 14.8 Å². The van der Waals surface area contributed by atoms with Crippen LogP contribution in [0.3, 0.4) is 0 Å². The van der Waals surface area contributed by atoms with E-state index in [1.54, 1.807) is 0 Å². The minimum absolute atomic E-state index is 0.0407. The standard InChI is InChI=1S/C21H27ClN2O4S/c1-12-9-14(3)18(10-13(12)2)15(4)23-21(25)16(5)24-29(26,27)17-7-8-20(28-6)19(22)11-17/h7-11,15-16,24H,1-6H3,(H,23,25)/t15-,16-/m0/s1. The van der Waals surface area contributed by atoms with E-state index < -0.39 is 22.0 Å². The van der Waals surface area contributed by atoms with Gasteiger partial charge in [0.05, 0.1) is 29.1 Å². The Hall–Kier alpha value is -2.09. The van der Waals surface area contributed by atoms with Crippen molar-refractivity contribution in [3.05, 3.63) is 57.6 Å². The third-order valence-electron chi connectivity index (χ3n) is 4.87. The van der Waals surface area contributed by atoms with Gasteiger partial charge in [-0.05, 0) is 75.1 Å².